The molecule has 84 valence electrons. The molecule has 0 aromatic heterocycles. The Kier molecular flexibility index (Phi) is 3.93. The summed E-state index contributed by atoms with van der Waals surface area (Å²) in [4.78, 5) is 4.94. The van der Waals surface area contributed by atoms with Gasteiger partial charge in [0.15, 0.2) is 0 Å². The number of rotatable bonds is 3. The van der Waals surface area contributed by atoms with Crippen LogP contribution in [0.3, 0.4) is 0 Å². The lowest BCUT2D eigenvalue weighted by molar-refractivity contribution is 0.0263. The van der Waals surface area contributed by atoms with Crippen molar-refractivity contribution in [2.75, 3.05) is 39.8 Å². The van der Waals surface area contributed by atoms with E-state index in [1.807, 2.05) is 0 Å². The van der Waals surface area contributed by atoms with Gasteiger partial charge in [0.1, 0.15) is 0 Å². The van der Waals surface area contributed by atoms with Gasteiger partial charge in [-0.05, 0) is 19.9 Å². The Hall–Kier alpha value is -0.120. The fourth-order valence-electron chi connectivity index (χ4n) is 2.05. The Morgan fingerprint density at radius 2 is 1.71 bits per heavy atom. The second-order valence-electron chi connectivity index (χ2n) is 5.01. The van der Waals surface area contributed by atoms with Crippen molar-refractivity contribution in [1.29, 1.82) is 0 Å². The van der Waals surface area contributed by atoms with E-state index < -0.39 is 0 Å². The maximum atomic E-state index is 5.92. The Balaban J connectivity index is 2.61. The number of nitrogens with zero attached hydrogens (tertiary/aromatic N) is 2. The van der Waals surface area contributed by atoms with Crippen LogP contribution in [0.15, 0.2) is 0 Å². The first-order valence-electron chi connectivity index (χ1n) is 5.64. The predicted molar refractivity (Wildman–Crippen MR) is 61.4 cm³/mol. The van der Waals surface area contributed by atoms with Crippen LogP contribution in [0.4, 0.5) is 0 Å². The lowest BCUT2D eigenvalue weighted by atomic mass is 9.86. The van der Waals surface area contributed by atoms with Gasteiger partial charge in [-0.25, -0.2) is 0 Å². The zero-order valence-electron chi connectivity index (χ0n) is 10.1. The minimum absolute atomic E-state index is 0.182. The van der Waals surface area contributed by atoms with Gasteiger partial charge >= 0.3 is 0 Å². The second-order valence-corrected chi connectivity index (χ2v) is 5.01. The van der Waals surface area contributed by atoms with Gasteiger partial charge in [0.25, 0.3) is 0 Å². The van der Waals surface area contributed by atoms with Crippen molar-refractivity contribution in [3.8, 4) is 0 Å². The van der Waals surface area contributed by atoms with Gasteiger partial charge in [-0.2, -0.15) is 0 Å². The SMILES string of the molecule is CC(C)C(C)(CN)N1CCN(C)CC1. The van der Waals surface area contributed by atoms with Crippen LogP contribution in [0, 0.1) is 5.92 Å². The summed E-state index contributed by atoms with van der Waals surface area (Å²) in [5.74, 6) is 0.621. The molecule has 1 aliphatic heterocycles. The molecule has 0 aromatic carbocycles. The van der Waals surface area contributed by atoms with Gasteiger partial charge in [-0.3, -0.25) is 4.90 Å². The molecule has 0 aliphatic carbocycles. The molecule has 0 aromatic rings. The number of likely N-dealkylation sites (N-methyl/N-ethyl adjacent to an activating group) is 1. The third-order valence-electron chi connectivity index (χ3n) is 3.88. The summed E-state index contributed by atoms with van der Waals surface area (Å²) < 4.78 is 0. The molecule has 0 spiro atoms. The predicted octanol–water partition coefficient (Wildman–Crippen LogP) is 0.607. The highest BCUT2D eigenvalue weighted by atomic mass is 15.3. The molecule has 14 heavy (non-hydrogen) atoms. The van der Waals surface area contributed by atoms with Gasteiger partial charge in [-0.15, -0.1) is 0 Å². The molecule has 3 heteroatoms. The maximum Gasteiger partial charge on any atom is 0.0327 e. The molecule has 1 unspecified atom stereocenters. The summed E-state index contributed by atoms with van der Waals surface area (Å²) in [7, 11) is 2.19. The zero-order valence-corrected chi connectivity index (χ0v) is 10.1. The monoisotopic (exact) mass is 199 g/mol. The molecule has 0 bridgehead atoms. The quantitative estimate of drug-likeness (QED) is 0.723. The summed E-state index contributed by atoms with van der Waals surface area (Å²) in [5.41, 5.74) is 6.10. The van der Waals surface area contributed by atoms with E-state index in [0.717, 1.165) is 19.6 Å². The number of nitrogens with two attached hydrogens (primary N) is 1. The maximum absolute atomic E-state index is 5.92. The van der Waals surface area contributed by atoms with Crippen molar-refractivity contribution in [3.63, 3.8) is 0 Å². The fourth-order valence-corrected chi connectivity index (χ4v) is 2.05. The van der Waals surface area contributed by atoms with E-state index in [1.165, 1.54) is 13.1 Å². The minimum atomic E-state index is 0.182. The molecule has 0 saturated carbocycles. The molecule has 1 heterocycles. The van der Waals surface area contributed by atoms with Gasteiger partial charge in [0, 0.05) is 38.3 Å². The van der Waals surface area contributed by atoms with Gasteiger partial charge in [0.05, 0.1) is 0 Å². The van der Waals surface area contributed by atoms with Crippen LogP contribution in [-0.2, 0) is 0 Å². The average Bonchev–Trinajstić information content (AvgIpc) is 2.17. The zero-order chi connectivity index (χ0) is 10.8. The van der Waals surface area contributed by atoms with E-state index in [1.54, 1.807) is 0 Å². The van der Waals surface area contributed by atoms with Crippen LogP contribution >= 0.6 is 0 Å². The van der Waals surface area contributed by atoms with Crippen LogP contribution in [0.5, 0.6) is 0 Å². The third-order valence-corrected chi connectivity index (χ3v) is 3.88. The van der Waals surface area contributed by atoms with E-state index in [0.29, 0.717) is 5.92 Å². The molecule has 1 rings (SSSR count). The van der Waals surface area contributed by atoms with Gasteiger partial charge in [0.2, 0.25) is 0 Å². The molecule has 1 saturated heterocycles. The second kappa shape index (κ2) is 4.60. The summed E-state index contributed by atoms with van der Waals surface area (Å²) in [5, 5.41) is 0. The smallest absolute Gasteiger partial charge is 0.0327 e. The normalized spacial score (nSPS) is 25.3. The molecular weight excluding hydrogens is 174 g/mol. The Bertz CT molecular complexity index is 173. The highest BCUT2D eigenvalue weighted by Gasteiger charge is 2.34. The Morgan fingerprint density at radius 1 is 1.21 bits per heavy atom. The van der Waals surface area contributed by atoms with Crippen molar-refractivity contribution < 1.29 is 0 Å². The number of hydrogen-bond donors (Lipinski definition) is 1. The van der Waals surface area contributed by atoms with Crippen LogP contribution < -0.4 is 5.73 Å². The number of piperazine rings is 1. The molecule has 0 amide bonds. The highest BCUT2D eigenvalue weighted by molar-refractivity contribution is 4.92. The van der Waals surface area contributed by atoms with E-state index in [4.69, 9.17) is 5.73 Å². The highest BCUT2D eigenvalue weighted by Crippen LogP contribution is 2.24. The lowest BCUT2D eigenvalue weighted by Crippen LogP contribution is -2.60. The largest absolute Gasteiger partial charge is 0.329 e. The van der Waals surface area contributed by atoms with Crippen molar-refractivity contribution in [1.82, 2.24) is 9.80 Å². The average molecular weight is 199 g/mol. The van der Waals surface area contributed by atoms with Crippen LogP contribution in [0.25, 0.3) is 0 Å². The van der Waals surface area contributed by atoms with Gasteiger partial charge < -0.3 is 10.6 Å². The summed E-state index contributed by atoms with van der Waals surface area (Å²) in [6.45, 7) is 12.2. The van der Waals surface area contributed by atoms with E-state index >= 15 is 0 Å². The molecule has 1 atom stereocenters. The van der Waals surface area contributed by atoms with Crippen molar-refractivity contribution in [2.24, 2.45) is 11.7 Å². The minimum Gasteiger partial charge on any atom is -0.329 e. The Morgan fingerprint density at radius 3 is 2.07 bits per heavy atom. The number of hydrogen-bond acceptors (Lipinski definition) is 3. The van der Waals surface area contributed by atoms with Crippen LogP contribution in [0.1, 0.15) is 20.8 Å². The first kappa shape index (κ1) is 12.0. The molecule has 0 radical (unpaired) electrons. The first-order chi connectivity index (χ1) is 6.50. The molecule has 1 aliphatic rings. The van der Waals surface area contributed by atoms with Crippen molar-refractivity contribution in [3.05, 3.63) is 0 Å². The van der Waals surface area contributed by atoms with Crippen molar-refractivity contribution >= 4 is 0 Å². The molecule has 1 fully saturated rings. The van der Waals surface area contributed by atoms with Crippen LogP contribution in [-0.4, -0.2) is 55.1 Å². The van der Waals surface area contributed by atoms with Crippen molar-refractivity contribution in [2.45, 2.75) is 26.3 Å². The third kappa shape index (κ3) is 2.27. The summed E-state index contributed by atoms with van der Waals surface area (Å²) in [6.07, 6.45) is 0. The first-order valence-corrected chi connectivity index (χ1v) is 5.64. The summed E-state index contributed by atoms with van der Waals surface area (Å²) >= 11 is 0. The molecule has 3 nitrogen and oxygen atoms in total. The van der Waals surface area contributed by atoms with E-state index in [9.17, 15) is 0 Å². The Labute approximate surface area is 88.2 Å². The molecular formula is C11H25N3. The van der Waals surface area contributed by atoms with Gasteiger partial charge in [-0.1, -0.05) is 13.8 Å². The van der Waals surface area contributed by atoms with E-state index in [2.05, 4.69) is 37.6 Å². The lowest BCUT2D eigenvalue weighted by Gasteiger charge is -2.47. The topological polar surface area (TPSA) is 32.5 Å². The fraction of sp³-hybridized carbons (Fsp3) is 1.00. The summed E-state index contributed by atoms with van der Waals surface area (Å²) in [6, 6.07) is 0. The van der Waals surface area contributed by atoms with E-state index in [-0.39, 0.29) is 5.54 Å². The standard InChI is InChI=1S/C11H25N3/c1-10(2)11(3,9-12)14-7-5-13(4)6-8-14/h10H,5-9,12H2,1-4H3. The van der Waals surface area contributed by atoms with Crippen LogP contribution in [0.2, 0.25) is 0 Å². The molecule has 2 N–H and O–H groups in total.